The summed E-state index contributed by atoms with van der Waals surface area (Å²) in [6.07, 6.45) is 10.4. The van der Waals surface area contributed by atoms with Crippen LogP contribution < -0.4 is 45.3 Å². The highest BCUT2D eigenvalue weighted by Crippen LogP contribution is 2.51. The van der Waals surface area contributed by atoms with Gasteiger partial charge in [-0.15, -0.1) is 0 Å². The number of hydrogen-bond donors (Lipinski definition) is 7. The first-order chi connectivity index (χ1) is 71.0. The molecule has 17 rings (SSSR count). The van der Waals surface area contributed by atoms with Crippen molar-refractivity contribution in [2.75, 3.05) is 111 Å². The molecule has 5 aliphatic rings. The molecular weight excluding hydrogens is 2010 g/mol. The van der Waals surface area contributed by atoms with Crippen molar-refractivity contribution in [2.24, 2.45) is 21.1 Å². The summed E-state index contributed by atoms with van der Waals surface area (Å²) in [5.41, 5.74) is 31.0. The van der Waals surface area contributed by atoms with Gasteiger partial charge in [-0.2, -0.15) is 15.3 Å². The van der Waals surface area contributed by atoms with Gasteiger partial charge in [-0.1, -0.05) is 107 Å². The minimum Gasteiger partial charge on any atom is -0.494 e. The topological polar surface area (TPSA) is 311 Å². The zero-order valence-corrected chi connectivity index (χ0v) is 92.2. The number of aryl methyl sites for hydroxylation is 12. The fraction of sp³-hybridized carbons (Fsp3) is 0.359. The van der Waals surface area contributed by atoms with Crippen LogP contribution in [0.25, 0.3) is 50.1 Å². The number of likely N-dealkylation sites (N-methyl/N-ethyl adjacent to an activating group) is 2. The Balaban J connectivity index is 0.000000167. The molecule has 1 saturated carbocycles. The van der Waals surface area contributed by atoms with Gasteiger partial charge in [-0.05, 0) is 341 Å². The Kier molecular flexibility index (Phi) is 35.5. The van der Waals surface area contributed by atoms with Gasteiger partial charge in [-0.25, -0.2) is 14.4 Å². The predicted molar refractivity (Wildman–Crippen MR) is 600 cm³/mol. The van der Waals surface area contributed by atoms with E-state index in [1.165, 1.54) is 24.6 Å². The van der Waals surface area contributed by atoms with Crippen LogP contribution in [0.15, 0.2) is 144 Å². The van der Waals surface area contributed by atoms with Crippen LogP contribution in [0.2, 0.25) is 30.1 Å². The van der Waals surface area contributed by atoms with Gasteiger partial charge in [0.25, 0.3) is 17.7 Å². The minimum atomic E-state index is -1.07. The van der Waals surface area contributed by atoms with E-state index in [9.17, 15) is 44.1 Å². The second-order valence-corrected chi connectivity index (χ2v) is 42.0. The normalized spacial score (nSPS) is 13.8. The van der Waals surface area contributed by atoms with Crippen molar-refractivity contribution in [3.63, 3.8) is 0 Å². The number of carboxylic acids is 3. The van der Waals surface area contributed by atoms with E-state index in [1.807, 2.05) is 235 Å². The summed E-state index contributed by atoms with van der Waals surface area (Å²) >= 11 is 39.9. The van der Waals surface area contributed by atoms with E-state index in [0.717, 1.165) is 221 Å². The Bertz CT molecular complexity index is 7290. The Morgan fingerprint density at radius 2 is 0.732 bits per heavy atom. The number of amides is 3. The van der Waals surface area contributed by atoms with Crippen LogP contribution in [0.3, 0.4) is 0 Å². The van der Waals surface area contributed by atoms with Crippen molar-refractivity contribution in [3.05, 3.63) is 292 Å². The van der Waals surface area contributed by atoms with Crippen molar-refractivity contribution in [1.82, 2.24) is 34.2 Å². The number of nitrogens with zero attached hydrogens (tertiary/aromatic N) is 9. The fourth-order valence-electron chi connectivity index (χ4n) is 20.9. The number of fused-ring (bicyclic) bond motifs is 3. The Hall–Kier alpha value is -12.9. The first kappa shape index (κ1) is 110. The van der Waals surface area contributed by atoms with E-state index in [1.54, 1.807) is 18.2 Å². The molecule has 26 nitrogen and oxygen atoms in total. The van der Waals surface area contributed by atoms with Crippen LogP contribution in [0.4, 0.5) is 34.1 Å². The summed E-state index contributed by atoms with van der Waals surface area (Å²) in [7, 11) is 11.6. The number of hydrogen-bond acceptors (Lipinski definition) is 17. The van der Waals surface area contributed by atoms with Crippen LogP contribution in [-0.4, -0.2) is 172 Å². The summed E-state index contributed by atoms with van der Waals surface area (Å²) < 4.78 is 29.4. The molecule has 4 heterocycles. The lowest BCUT2D eigenvalue weighted by atomic mass is 9.93. The van der Waals surface area contributed by atoms with Gasteiger partial charge in [-0.3, -0.25) is 28.4 Å². The molecule has 12 aromatic rings. The molecule has 2 fully saturated rings. The minimum absolute atomic E-state index is 0.0971. The molecule has 3 aromatic heterocycles. The van der Waals surface area contributed by atoms with E-state index in [4.69, 9.17) is 88.6 Å². The molecule has 0 atom stereocenters. The Morgan fingerprint density at radius 3 is 1.07 bits per heavy atom. The molecule has 3 amide bonds. The number of carboxylic acid groups (broad SMARTS) is 3. The molecule has 0 radical (unpaired) electrons. The van der Waals surface area contributed by atoms with Crippen molar-refractivity contribution >= 4 is 156 Å². The molecular formula is C117H129Cl6N13O13. The standard InChI is InChI=1S/C40H44Cl2N4O4.C39H45Cl2N5O4.C38H40Cl2N4O5/c1-22-16-30(17-23(2)38(22)42)50-15-9-12-31-32-13-14-35(41)37(36-24(3)45-46(5)25(36)4)33(32)21-34(31)39(47)44-29-19-26(40(48)49)18-28(20-29)43-27-10-7-6-8-11-27;1-22-16-29(17-23(2)37(22)41)50-15-9-10-30-31-11-12-34(40)36(35-24(3)43-46(8)25(35)4)32(31)21-33(30)38(47)42-27-18-26(39(48)49)19-28(20-27)45(7)14-13-44(5)6;1-21-15-28(16-22(2)36(21)40)49-12-6-7-29-30-8-9-33(39)35(34-23(3)42-43(5)24(34)4)31(30)20-32(29)37(45)41-26-17-25(38(46)47)18-27(19-26)44-10-13-48-14-11-44/h13-14,16-20,27,43H,6-12,15,21H2,1-5H3,(H,44,47)(H,48,49);11-12,16-20H,9-10,13-15,21H2,1-8H3,(H,42,47)(H,48,49);8-9,15-19H,6-7,10-14,20H2,1-5H3,(H,41,45)(H,46,47). The maximum absolute atomic E-state index is 14.3. The van der Waals surface area contributed by atoms with Gasteiger partial charge >= 0.3 is 17.9 Å². The van der Waals surface area contributed by atoms with E-state index >= 15 is 0 Å². The molecule has 0 spiro atoms. The third-order valence-electron chi connectivity index (χ3n) is 28.7. The first-order valence-corrected chi connectivity index (χ1v) is 52.6. The highest BCUT2D eigenvalue weighted by molar-refractivity contribution is 6.36. The average Bonchev–Trinajstić information content (AvgIpc) is 1.60. The molecule has 1 aliphatic heterocycles. The van der Waals surface area contributed by atoms with Gasteiger partial charge < -0.3 is 70.2 Å². The zero-order chi connectivity index (χ0) is 107. The van der Waals surface area contributed by atoms with Gasteiger partial charge in [0.15, 0.2) is 0 Å². The molecule has 32 heteroatoms. The number of carbonyl (C=O) groups is 6. The number of benzene rings is 9. The van der Waals surface area contributed by atoms with Gasteiger partial charge in [0.05, 0.1) is 66.8 Å². The summed E-state index contributed by atoms with van der Waals surface area (Å²) in [6, 6.07) is 38.4. The fourth-order valence-corrected chi connectivity index (χ4v) is 22.1. The van der Waals surface area contributed by atoms with Crippen LogP contribution in [-0.2, 0) is 59.5 Å². The maximum Gasteiger partial charge on any atom is 0.335 e. The molecule has 1 saturated heterocycles. The van der Waals surface area contributed by atoms with E-state index in [0.29, 0.717) is 171 Å². The predicted octanol–water partition coefficient (Wildman–Crippen LogP) is 26.0. The summed E-state index contributed by atoms with van der Waals surface area (Å²) in [4.78, 5) is 85.2. The van der Waals surface area contributed by atoms with Crippen LogP contribution in [0.1, 0.15) is 203 Å². The van der Waals surface area contributed by atoms with E-state index in [-0.39, 0.29) is 40.5 Å². The van der Waals surface area contributed by atoms with Crippen molar-refractivity contribution < 1.29 is 63.0 Å². The summed E-state index contributed by atoms with van der Waals surface area (Å²) in [5, 5.41) is 60.3. The number of rotatable bonds is 34. The summed E-state index contributed by atoms with van der Waals surface area (Å²) in [6.45, 7) is 28.9. The number of anilines is 6. The molecule has 782 valence electrons. The number of ether oxygens (including phenoxy) is 4. The second-order valence-electron chi connectivity index (χ2n) is 39.6. The van der Waals surface area contributed by atoms with E-state index < -0.39 is 17.9 Å². The van der Waals surface area contributed by atoms with Crippen LogP contribution in [0, 0.1) is 83.1 Å². The molecule has 4 aliphatic carbocycles. The number of aromatic carboxylic acids is 3. The molecule has 7 N–H and O–H groups in total. The number of morpholine rings is 1. The highest BCUT2D eigenvalue weighted by Gasteiger charge is 2.37. The van der Waals surface area contributed by atoms with E-state index in [2.05, 4.69) is 46.4 Å². The van der Waals surface area contributed by atoms with Crippen molar-refractivity contribution in [1.29, 1.82) is 0 Å². The van der Waals surface area contributed by atoms with Crippen molar-refractivity contribution in [3.8, 4) is 50.6 Å². The molecule has 149 heavy (non-hydrogen) atoms. The first-order valence-electron chi connectivity index (χ1n) is 50.4. The van der Waals surface area contributed by atoms with Gasteiger partial charge in [0.1, 0.15) is 17.2 Å². The number of halogens is 6. The van der Waals surface area contributed by atoms with Crippen LogP contribution >= 0.6 is 69.6 Å². The lowest BCUT2D eigenvalue weighted by Gasteiger charge is -2.29. The molecule has 0 unspecified atom stereocenters. The Labute approximate surface area is 901 Å². The smallest absolute Gasteiger partial charge is 0.335 e. The van der Waals surface area contributed by atoms with Gasteiger partial charge in [0, 0.05) is 211 Å². The van der Waals surface area contributed by atoms with Crippen molar-refractivity contribution in [2.45, 2.75) is 179 Å². The SMILES string of the molecule is Cc1cc(OCCCC2=C(C(=O)Nc3cc(C(=O)O)cc(N(C)CCN(C)C)c3)Cc3c2ccc(Cl)c3-c2c(C)nn(C)c2C)cc(C)c1Cl.Cc1cc(OCCCC2=C(C(=O)Nc3cc(C(=O)O)cc(N4CCOCC4)c3)Cc3c2ccc(Cl)c3-c2c(C)nn(C)c2C)cc(C)c1Cl.Cc1cc(OCCCC2=C(C(=O)Nc3cc(NC4CCCCC4)cc(C(=O)O)c3)Cc3c2ccc(Cl)c3-c2c(C)nn(C)c2C)cc(C)c1Cl. The second kappa shape index (κ2) is 48.0. The monoisotopic (exact) mass is 2130 g/mol. The molecule has 0 bridgehead atoms. The zero-order valence-electron chi connectivity index (χ0n) is 87.7. The summed E-state index contributed by atoms with van der Waals surface area (Å²) in [5.74, 6) is -1.75. The molecule has 9 aromatic carbocycles. The van der Waals surface area contributed by atoms with Crippen LogP contribution in [0.5, 0.6) is 17.2 Å². The lowest BCUT2D eigenvalue weighted by Crippen LogP contribution is -2.36. The average molecular weight is 2140 g/mol. The highest BCUT2D eigenvalue weighted by atomic mass is 35.5. The lowest BCUT2D eigenvalue weighted by molar-refractivity contribution is -0.113. The number of nitrogens with one attached hydrogen (secondary N) is 4. The Morgan fingerprint density at radius 1 is 0.403 bits per heavy atom. The largest absolute Gasteiger partial charge is 0.494 e. The maximum atomic E-state index is 14.3. The number of aromatic nitrogens is 6. The third-order valence-corrected chi connectivity index (χ3v) is 31.5. The number of allylic oxidation sites excluding steroid dienone is 3. The van der Waals surface area contributed by atoms with Gasteiger partial charge in [0.2, 0.25) is 0 Å². The number of carbonyl (C=O) groups excluding carboxylic acids is 3. The third kappa shape index (κ3) is 25.2. The quantitative estimate of drug-likeness (QED) is 0.0184.